The van der Waals surface area contributed by atoms with Gasteiger partial charge >= 0.3 is 0 Å². The summed E-state index contributed by atoms with van der Waals surface area (Å²) in [5.41, 5.74) is 13.1. The molecule has 1 heteroatoms. The molecule has 0 bridgehead atoms. The molecule has 0 N–H and O–H groups in total. The number of hydrogen-bond donors (Lipinski definition) is 0. The van der Waals surface area contributed by atoms with Gasteiger partial charge in [-0.3, -0.25) is 0 Å². The van der Waals surface area contributed by atoms with Gasteiger partial charge in [-0.25, -0.2) is 0 Å². The van der Waals surface area contributed by atoms with Gasteiger partial charge in [0.05, 0.1) is 0 Å². The van der Waals surface area contributed by atoms with E-state index in [0.29, 0.717) is 0 Å². The predicted molar refractivity (Wildman–Crippen MR) is 226 cm³/mol. The van der Waals surface area contributed by atoms with E-state index in [0.717, 1.165) is 0 Å². The van der Waals surface area contributed by atoms with E-state index < -0.39 is 0 Å². The molecule has 11 rings (SSSR count). The van der Waals surface area contributed by atoms with Crippen molar-refractivity contribution in [3.05, 3.63) is 181 Å². The van der Waals surface area contributed by atoms with Crippen molar-refractivity contribution < 1.29 is 0 Å². The second kappa shape index (κ2) is 11.0. The van der Waals surface area contributed by atoms with Gasteiger partial charge in [-0.15, -0.1) is 11.3 Å². The Kier molecular flexibility index (Phi) is 6.27. The molecule has 9 aromatic carbocycles. The highest BCUT2D eigenvalue weighted by Crippen LogP contribution is 2.52. The fourth-order valence-corrected chi connectivity index (χ4v) is 10.4. The minimum atomic E-state index is -0.0630. The maximum atomic E-state index is 2.43. The van der Waals surface area contributed by atoms with Crippen molar-refractivity contribution in [3.63, 3.8) is 0 Å². The Hall–Kier alpha value is -6.02. The lowest BCUT2D eigenvalue weighted by molar-refractivity contribution is 0.666. The monoisotopic (exact) mass is 678 g/mol. The summed E-state index contributed by atoms with van der Waals surface area (Å²) in [6, 6.07) is 63.6. The van der Waals surface area contributed by atoms with Crippen molar-refractivity contribution in [2.75, 3.05) is 0 Å². The van der Waals surface area contributed by atoms with Crippen LogP contribution in [0.15, 0.2) is 170 Å². The molecule has 10 aromatic rings. The van der Waals surface area contributed by atoms with E-state index in [-0.39, 0.29) is 5.41 Å². The van der Waals surface area contributed by atoms with Crippen LogP contribution in [0.4, 0.5) is 0 Å². The van der Waals surface area contributed by atoms with E-state index in [1.54, 1.807) is 0 Å². The Morgan fingerprint density at radius 1 is 0.365 bits per heavy atom. The first-order chi connectivity index (χ1) is 25.5. The molecule has 0 atom stereocenters. The lowest BCUT2D eigenvalue weighted by Crippen LogP contribution is -2.15. The van der Waals surface area contributed by atoms with E-state index in [4.69, 9.17) is 0 Å². The molecule has 0 spiro atoms. The number of thiophene rings is 1. The third kappa shape index (κ3) is 4.21. The van der Waals surface area contributed by atoms with Crippen molar-refractivity contribution in [1.29, 1.82) is 0 Å². The average Bonchev–Trinajstić information content (AvgIpc) is 3.68. The summed E-state index contributed by atoms with van der Waals surface area (Å²) in [6.07, 6.45) is 0. The Morgan fingerprint density at radius 2 is 0.923 bits per heavy atom. The number of rotatable bonds is 3. The predicted octanol–water partition coefficient (Wildman–Crippen LogP) is 14.8. The Morgan fingerprint density at radius 3 is 1.65 bits per heavy atom. The Labute approximate surface area is 307 Å². The summed E-state index contributed by atoms with van der Waals surface area (Å²) in [6.45, 7) is 4.76. The number of fused-ring (bicyclic) bond motifs is 10. The molecule has 0 aliphatic heterocycles. The van der Waals surface area contributed by atoms with Crippen LogP contribution in [0.2, 0.25) is 0 Å². The molecule has 1 aliphatic carbocycles. The quantitative estimate of drug-likeness (QED) is 0.163. The van der Waals surface area contributed by atoms with E-state index in [2.05, 4.69) is 184 Å². The average molecular weight is 679 g/mol. The van der Waals surface area contributed by atoms with Gasteiger partial charge in [0, 0.05) is 25.6 Å². The van der Waals surface area contributed by atoms with Gasteiger partial charge in [-0.1, -0.05) is 153 Å². The first kappa shape index (κ1) is 29.7. The van der Waals surface area contributed by atoms with E-state index in [1.807, 2.05) is 11.3 Å². The zero-order chi connectivity index (χ0) is 34.6. The lowest BCUT2D eigenvalue weighted by atomic mass is 9.80. The first-order valence-corrected chi connectivity index (χ1v) is 19.0. The minimum Gasteiger partial charge on any atom is -0.135 e. The van der Waals surface area contributed by atoms with Crippen LogP contribution in [0.5, 0.6) is 0 Å². The van der Waals surface area contributed by atoms with E-state index in [1.165, 1.54) is 108 Å². The summed E-state index contributed by atoms with van der Waals surface area (Å²) in [4.78, 5) is 0. The van der Waals surface area contributed by atoms with Crippen LogP contribution >= 0.6 is 11.3 Å². The molecule has 0 unspecified atom stereocenters. The second-order valence-electron chi connectivity index (χ2n) is 14.8. The minimum absolute atomic E-state index is 0.0630. The fraction of sp³-hybridized carbons (Fsp3) is 0.0588. The van der Waals surface area contributed by atoms with Crippen LogP contribution in [0.3, 0.4) is 0 Å². The fourth-order valence-electron chi connectivity index (χ4n) is 9.28. The lowest BCUT2D eigenvalue weighted by Gasteiger charge is -2.23. The van der Waals surface area contributed by atoms with Crippen molar-refractivity contribution in [2.24, 2.45) is 0 Å². The maximum absolute atomic E-state index is 2.43. The molecule has 0 saturated carbocycles. The van der Waals surface area contributed by atoms with Crippen LogP contribution in [0.25, 0.3) is 97.0 Å². The molecule has 1 aliphatic rings. The van der Waals surface area contributed by atoms with Gasteiger partial charge < -0.3 is 0 Å². The zero-order valence-electron chi connectivity index (χ0n) is 29.1. The van der Waals surface area contributed by atoms with Gasteiger partial charge in [0.1, 0.15) is 0 Å². The second-order valence-corrected chi connectivity index (χ2v) is 15.9. The van der Waals surface area contributed by atoms with Gasteiger partial charge in [0.15, 0.2) is 0 Å². The van der Waals surface area contributed by atoms with E-state index in [9.17, 15) is 0 Å². The normalized spacial score (nSPS) is 13.3. The molecular weight excluding hydrogens is 645 g/mol. The van der Waals surface area contributed by atoms with Gasteiger partial charge in [0.2, 0.25) is 0 Å². The SMILES string of the molecule is CC1(C)c2ccc(-c3cccc(-c4c5ccccc5c(-c5ccc6sc7ccccc7c6c5)c5ccccc45)c3)cc2-c2ccc3ccccc3c21. The summed E-state index contributed by atoms with van der Waals surface area (Å²) in [5.74, 6) is 0. The molecule has 1 aromatic heterocycles. The van der Waals surface area contributed by atoms with Crippen LogP contribution in [0, 0.1) is 0 Å². The van der Waals surface area contributed by atoms with Crippen molar-refractivity contribution >= 4 is 63.8 Å². The summed E-state index contributed by atoms with van der Waals surface area (Å²) < 4.78 is 2.67. The van der Waals surface area contributed by atoms with Crippen molar-refractivity contribution in [2.45, 2.75) is 19.3 Å². The molecule has 0 nitrogen and oxygen atoms in total. The third-order valence-corrected chi connectivity index (χ3v) is 12.8. The highest BCUT2D eigenvalue weighted by atomic mass is 32.1. The van der Waals surface area contributed by atoms with Crippen molar-refractivity contribution in [1.82, 2.24) is 0 Å². The number of hydrogen-bond acceptors (Lipinski definition) is 1. The van der Waals surface area contributed by atoms with Gasteiger partial charge in [-0.2, -0.15) is 0 Å². The highest BCUT2D eigenvalue weighted by Gasteiger charge is 2.37. The molecule has 52 heavy (non-hydrogen) atoms. The van der Waals surface area contributed by atoms with Gasteiger partial charge in [0.25, 0.3) is 0 Å². The molecule has 0 fully saturated rings. The van der Waals surface area contributed by atoms with Gasteiger partial charge in [-0.05, 0) is 118 Å². The Bertz CT molecular complexity index is 3040. The standard InChI is InChI=1S/C51H34S/c1-51(2)45-26-23-33(29-43(45)42-25-22-31-12-3-4-15-36(31)50(42)51)32-13-11-14-34(28-32)48-38-17-5-7-19-40(38)49(41-20-8-6-18-39(41)48)35-24-27-47-44(30-35)37-16-9-10-21-46(37)52-47/h3-30H,1-2H3. The molecular formula is C51H34S. The smallest absolute Gasteiger partial charge is 0.0355 e. The van der Waals surface area contributed by atoms with Crippen molar-refractivity contribution in [3.8, 4) is 44.5 Å². The summed E-state index contributed by atoms with van der Waals surface area (Å²) >= 11 is 1.88. The summed E-state index contributed by atoms with van der Waals surface area (Å²) in [7, 11) is 0. The van der Waals surface area contributed by atoms with Crippen LogP contribution in [-0.2, 0) is 5.41 Å². The summed E-state index contributed by atoms with van der Waals surface area (Å²) in [5, 5.41) is 10.4. The molecule has 1 heterocycles. The van der Waals surface area contributed by atoms with Crippen LogP contribution in [-0.4, -0.2) is 0 Å². The highest BCUT2D eigenvalue weighted by molar-refractivity contribution is 7.25. The maximum Gasteiger partial charge on any atom is 0.0355 e. The van der Waals surface area contributed by atoms with Crippen LogP contribution < -0.4 is 0 Å². The molecule has 0 saturated heterocycles. The zero-order valence-corrected chi connectivity index (χ0v) is 29.9. The van der Waals surface area contributed by atoms with Crippen LogP contribution in [0.1, 0.15) is 25.0 Å². The molecule has 244 valence electrons. The molecule has 0 amide bonds. The Balaban J connectivity index is 1.10. The largest absolute Gasteiger partial charge is 0.135 e. The topological polar surface area (TPSA) is 0 Å². The third-order valence-electron chi connectivity index (χ3n) is 11.6. The number of benzene rings is 9. The van der Waals surface area contributed by atoms with E-state index >= 15 is 0 Å². The molecule has 0 radical (unpaired) electrons. The first-order valence-electron chi connectivity index (χ1n) is 18.2.